The van der Waals surface area contributed by atoms with E-state index in [2.05, 4.69) is 0 Å². The third kappa shape index (κ3) is 3.43. The van der Waals surface area contributed by atoms with E-state index < -0.39 is 5.97 Å². The van der Waals surface area contributed by atoms with Gasteiger partial charge in [-0.1, -0.05) is 0 Å². The van der Waals surface area contributed by atoms with Crippen LogP contribution in [-0.2, 0) is 9.90 Å². The standard InChI is InChI=1S/C3H5O3/c4-2-1-3(5)6/h4H,1-2H2. The fourth-order valence-corrected chi connectivity index (χ4v) is 0.0913. The molecule has 0 unspecified atom stereocenters. The lowest BCUT2D eigenvalue weighted by atomic mass is 10.5. The number of hydrogen-bond donors (Lipinski definition) is 1. The van der Waals surface area contributed by atoms with Gasteiger partial charge in [0.25, 0.3) is 0 Å². The molecule has 0 rings (SSSR count). The Kier molecular flexibility index (Phi) is 2.40. The Labute approximate surface area is 35.2 Å². The van der Waals surface area contributed by atoms with Gasteiger partial charge in [0.2, 0.25) is 0 Å². The highest BCUT2D eigenvalue weighted by molar-refractivity contribution is 5.66. The van der Waals surface area contributed by atoms with Gasteiger partial charge in [0, 0.05) is 0 Å². The number of carbonyl (C=O) groups excluding carboxylic acids is 1. The van der Waals surface area contributed by atoms with Crippen molar-refractivity contribution >= 4 is 5.97 Å². The van der Waals surface area contributed by atoms with Crippen LogP contribution in [0.4, 0.5) is 0 Å². The maximum absolute atomic E-state index is 9.33. The van der Waals surface area contributed by atoms with Crippen molar-refractivity contribution in [1.82, 2.24) is 0 Å². The van der Waals surface area contributed by atoms with Crippen molar-refractivity contribution in [3.8, 4) is 0 Å². The highest BCUT2D eigenvalue weighted by Crippen LogP contribution is 1.71. The summed E-state index contributed by atoms with van der Waals surface area (Å²) in [4.78, 5) is 9.33. The van der Waals surface area contributed by atoms with E-state index in [0.29, 0.717) is 0 Å². The summed E-state index contributed by atoms with van der Waals surface area (Å²) in [5, 5.41) is 17.1. The molecule has 0 saturated carbocycles. The molecule has 0 atom stereocenters. The Morgan fingerprint density at radius 3 is 2.17 bits per heavy atom. The summed E-state index contributed by atoms with van der Waals surface area (Å²) in [6.45, 7) is -0.331. The summed E-state index contributed by atoms with van der Waals surface area (Å²) < 4.78 is 0. The van der Waals surface area contributed by atoms with Gasteiger partial charge in [0.1, 0.15) is 0 Å². The number of hydrogen-bond acceptors (Lipinski definition) is 2. The third-order valence-corrected chi connectivity index (χ3v) is 0.316. The van der Waals surface area contributed by atoms with E-state index in [1.165, 1.54) is 0 Å². The van der Waals surface area contributed by atoms with Crippen LogP contribution in [0.15, 0.2) is 0 Å². The first kappa shape index (κ1) is 5.43. The van der Waals surface area contributed by atoms with E-state index in [1.807, 2.05) is 0 Å². The van der Waals surface area contributed by atoms with Crippen molar-refractivity contribution in [2.45, 2.75) is 6.42 Å². The van der Waals surface area contributed by atoms with Gasteiger partial charge in [0.05, 0.1) is 13.0 Å². The van der Waals surface area contributed by atoms with Crippen LogP contribution in [0.1, 0.15) is 6.42 Å². The minimum Gasteiger partial charge on any atom is -0.396 e. The lowest BCUT2D eigenvalue weighted by Crippen LogP contribution is -1.94. The molecular weight excluding hydrogens is 84.0 g/mol. The second kappa shape index (κ2) is 2.66. The van der Waals surface area contributed by atoms with Gasteiger partial charge in [-0.05, 0) is 0 Å². The van der Waals surface area contributed by atoms with E-state index in [0.717, 1.165) is 0 Å². The molecule has 3 nitrogen and oxygen atoms in total. The molecule has 0 spiro atoms. The number of aliphatic hydroxyl groups is 1. The maximum atomic E-state index is 9.33. The first-order valence-electron chi connectivity index (χ1n) is 1.58. The van der Waals surface area contributed by atoms with Gasteiger partial charge in [-0.2, -0.15) is 0 Å². The molecule has 0 aliphatic rings. The maximum Gasteiger partial charge on any atom is 0.357 e. The highest BCUT2D eigenvalue weighted by Gasteiger charge is 1.92. The fraction of sp³-hybridized carbons (Fsp3) is 0.667. The van der Waals surface area contributed by atoms with Crippen LogP contribution in [0.5, 0.6) is 0 Å². The normalized spacial score (nSPS) is 8.17. The molecule has 3 heteroatoms. The minimum absolute atomic E-state index is 0.264. The number of aliphatic hydroxyl groups excluding tert-OH is 1. The molecule has 0 aromatic heterocycles. The predicted octanol–water partition coefficient (Wildman–Crippen LogP) is -0.674. The fourth-order valence-electron chi connectivity index (χ4n) is 0.0913. The van der Waals surface area contributed by atoms with Crippen LogP contribution in [0.2, 0.25) is 0 Å². The van der Waals surface area contributed by atoms with Crippen molar-refractivity contribution in [3.63, 3.8) is 0 Å². The summed E-state index contributed by atoms with van der Waals surface area (Å²) >= 11 is 0. The second-order valence-corrected chi connectivity index (χ2v) is 0.846. The predicted molar refractivity (Wildman–Crippen MR) is 17.4 cm³/mol. The van der Waals surface area contributed by atoms with Crippen LogP contribution in [0.25, 0.3) is 0 Å². The van der Waals surface area contributed by atoms with Crippen molar-refractivity contribution in [3.05, 3.63) is 0 Å². The zero-order valence-corrected chi connectivity index (χ0v) is 3.18. The van der Waals surface area contributed by atoms with Gasteiger partial charge < -0.3 is 5.11 Å². The summed E-state index contributed by atoms with van der Waals surface area (Å²) in [7, 11) is 0. The summed E-state index contributed by atoms with van der Waals surface area (Å²) in [6.07, 6.45) is -0.264. The van der Waals surface area contributed by atoms with E-state index in [9.17, 15) is 9.90 Å². The molecule has 0 aromatic carbocycles. The topological polar surface area (TPSA) is 57.2 Å². The average molecular weight is 89.1 g/mol. The lowest BCUT2D eigenvalue weighted by Gasteiger charge is -1.75. The van der Waals surface area contributed by atoms with Crippen molar-refractivity contribution in [2.75, 3.05) is 6.61 Å². The largest absolute Gasteiger partial charge is 0.396 e. The average Bonchev–Trinajstić information content (AvgIpc) is 1.35. The Balaban J connectivity index is 2.83. The van der Waals surface area contributed by atoms with Crippen molar-refractivity contribution < 1.29 is 15.0 Å². The molecule has 0 aliphatic carbocycles. The first-order valence-corrected chi connectivity index (χ1v) is 1.58. The molecule has 0 heterocycles. The van der Waals surface area contributed by atoms with Gasteiger partial charge >= 0.3 is 5.97 Å². The van der Waals surface area contributed by atoms with E-state index in [-0.39, 0.29) is 13.0 Å². The quantitative estimate of drug-likeness (QED) is 0.487. The lowest BCUT2D eigenvalue weighted by molar-refractivity contribution is -0.143. The van der Waals surface area contributed by atoms with E-state index in [4.69, 9.17) is 5.11 Å². The van der Waals surface area contributed by atoms with Crippen LogP contribution in [0.3, 0.4) is 0 Å². The molecule has 0 bridgehead atoms. The first-order chi connectivity index (χ1) is 2.77. The molecule has 0 aromatic rings. The van der Waals surface area contributed by atoms with Gasteiger partial charge in [-0.15, -0.1) is 0 Å². The van der Waals surface area contributed by atoms with Gasteiger partial charge in [0.15, 0.2) is 0 Å². The van der Waals surface area contributed by atoms with E-state index in [1.54, 1.807) is 0 Å². The Hall–Kier alpha value is -0.570. The molecule has 6 heavy (non-hydrogen) atoms. The molecule has 0 fully saturated rings. The molecule has 35 valence electrons. The van der Waals surface area contributed by atoms with Gasteiger partial charge in [-0.25, -0.2) is 9.90 Å². The molecular formula is C3H5O3. The van der Waals surface area contributed by atoms with Crippen molar-refractivity contribution in [2.24, 2.45) is 0 Å². The van der Waals surface area contributed by atoms with Crippen LogP contribution in [0, 0.1) is 0 Å². The third-order valence-electron chi connectivity index (χ3n) is 0.316. The Morgan fingerprint density at radius 1 is 1.67 bits per heavy atom. The molecule has 0 aliphatic heterocycles. The number of carbonyl (C=O) groups is 1. The van der Waals surface area contributed by atoms with Crippen molar-refractivity contribution in [1.29, 1.82) is 0 Å². The van der Waals surface area contributed by atoms with Crippen LogP contribution in [-0.4, -0.2) is 17.7 Å². The summed E-state index contributed by atoms with van der Waals surface area (Å²) in [5.74, 6) is -1.21. The van der Waals surface area contributed by atoms with Crippen LogP contribution >= 0.6 is 0 Å². The minimum atomic E-state index is -1.21. The molecule has 1 N–H and O–H groups in total. The van der Waals surface area contributed by atoms with Crippen LogP contribution < -0.4 is 0 Å². The summed E-state index contributed by atoms with van der Waals surface area (Å²) in [5.41, 5.74) is 0. The monoisotopic (exact) mass is 89.0 g/mol. The SMILES string of the molecule is [O]C(=O)CCO. The smallest absolute Gasteiger partial charge is 0.357 e. The Morgan fingerprint density at radius 2 is 2.17 bits per heavy atom. The highest BCUT2D eigenvalue weighted by atomic mass is 16.4. The zero-order valence-electron chi connectivity index (χ0n) is 3.18. The van der Waals surface area contributed by atoms with Gasteiger partial charge in [-0.3, -0.25) is 0 Å². The molecule has 0 amide bonds. The zero-order chi connectivity index (χ0) is 4.99. The number of rotatable bonds is 2. The van der Waals surface area contributed by atoms with E-state index >= 15 is 0 Å². The molecule has 1 radical (unpaired) electrons. The molecule has 0 saturated heterocycles. The Bertz CT molecular complexity index is 50.0. The second-order valence-electron chi connectivity index (χ2n) is 0.846. The summed E-state index contributed by atoms with van der Waals surface area (Å²) in [6, 6.07) is 0.